The molecule has 2 fully saturated rings. The number of aromatic nitrogens is 1. The van der Waals surface area contributed by atoms with Crippen molar-refractivity contribution in [1.29, 1.82) is 0 Å². The van der Waals surface area contributed by atoms with E-state index in [0.717, 1.165) is 60.9 Å². The molecule has 3 aliphatic rings. The molecule has 6 nitrogen and oxygen atoms in total. The van der Waals surface area contributed by atoms with Crippen LogP contribution in [-0.2, 0) is 4.74 Å². The third-order valence-corrected chi connectivity index (χ3v) is 8.70. The van der Waals surface area contributed by atoms with E-state index in [-0.39, 0.29) is 23.4 Å². The highest BCUT2D eigenvalue weighted by molar-refractivity contribution is 6.30. The Bertz CT molecular complexity index is 1220. The maximum Gasteiger partial charge on any atom is 0.172 e. The summed E-state index contributed by atoms with van der Waals surface area (Å²) in [5, 5.41) is 15.4. The van der Waals surface area contributed by atoms with E-state index in [0.29, 0.717) is 34.9 Å². The molecule has 2 N–H and O–H groups in total. The van der Waals surface area contributed by atoms with Crippen LogP contribution in [0.4, 0.5) is 5.69 Å². The average Bonchev–Trinajstić information content (AvgIpc) is 3.77. The van der Waals surface area contributed by atoms with E-state index in [1.165, 1.54) is 20.0 Å². The number of hydrogen-bond donors (Lipinski definition) is 2. The van der Waals surface area contributed by atoms with Gasteiger partial charge in [-0.25, -0.2) is 0 Å². The van der Waals surface area contributed by atoms with Gasteiger partial charge in [-0.2, -0.15) is 0 Å². The lowest BCUT2D eigenvalue weighted by molar-refractivity contribution is 0.0968. The van der Waals surface area contributed by atoms with Gasteiger partial charge in [-0.3, -0.25) is 9.78 Å². The fraction of sp³-hybridized carbons (Fsp3) is 0.533. The lowest BCUT2D eigenvalue weighted by Crippen LogP contribution is -2.40. The molecule has 1 atom stereocenters. The molecule has 1 unspecified atom stereocenters. The van der Waals surface area contributed by atoms with Gasteiger partial charge in [0.25, 0.3) is 0 Å². The van der Waals surface area contributed by atoms with Crippen molar-refractivity contribution in [2.24, 2.45) is 5.92 Å². The number of ketones is 1. The van der Waals surface area contributed by atoms with Gasteiger partial charge in [0.05, 0.1) is 28.9 Å². The molecule has 0 amide bonds. The highest BCUT2D eigenvalue weighted by atomic mass is 35.5. The number of methoxy groups -OCH3 is 1. The van der Waals surface area contributed by atoms with Gasteiger partial charge in [0, 0.05) is 35.5 Å². The van der Waals surface area contributed by atoms with Crippen molar-refractivity contribution >= 4 is 34.0 Å². The van der Waals surface area contributed by atoms with Crippen molar-refractivity contribution in [2.45, 2.75) is 76.8 Å². The Balaban J connectivity index is 1.48. The second-order valence-electron chi connectivity index (χ2n) is 10.6. The molecule has 198 valence electrons. The third kappa shape index (κ3) is 5.37. The van der Waals surface area contributed by atoms with Crippen molar-refractivity contribution in [3.8, 4) is 0 Å². The van der Waals surface area contributed by atoms with Crippen molar-refractivity contribution < 1.29 is 14.6 Å². The highest BCUT2D eigenvalue weighted by Crippen LogP contribution is 2.40. The van der Waals surface area contributed by atoms with Gasteiger partial charge in [-0.15, -0.1) is 0 Å². The molecule has 5 rings (SSSR count). The summed E-state index contributed by atoms with van der Waals surface area (Å²) in [5.74, 6) is 0.680. The van der Waals surface area contributed by atoms with Crippen LogP contribution >= 0.6 is 11.6 Å². The minimum Gasteiger partial charge on any atom is -0.503 e. The first-order valence-electron chi connectivity index (χ1n) is 13.7. The van der Waals surface area contributed by atoms with Crippen molar-refractivity contribution in [1.82, 2.24) is 9.88 Å². The molecule has 0 aliphatic heterocycles. The Kier molecular flexibility index (Phi) is 7.77. The molecule has 0 radical (unpaired) electrons. The van der Waals surface area contributed by atoms with Crippen LogP contribution < -0.4 is 5.32 Å². The standard InChI is InChI=1S/C30H38ClN3O3/c1-4-34(5-2)22-11-9-21(10-12-22)33-28-23-14-19(20-15-25(31)30(36)27(16-20)37-3)8-13-26(23)32-17-24(28)29(35)18-6-7-18/h8,13-14,16-18,20-22,36H,4-7,9-12,15H2,1-3H3,(H,32,33). The van der Waals surface area contributed by atoms with E-state index >= 15 is 0 Å². The van der Waals surface area contributed by atoms with Gasteiger partial charge in [0.15, 0.2) is 17.3 Å². The quantitative estimate of drug-likeness (QED) is 0.347. The fourth-order valence-corrected chi connectivity index (χ4v) is 6.26. The van der Waals surface area contributed by atoms with Gasteiger partial charge >= 0.3 is 0 Å². The molecule has 7 heteroatoms. The van der Waals surface area contributed by atoms with Gasteiger partial charge in [0.1, 0.15) is 0 Å². The maximum absolute atomic E-state index is 13.3. The smallest absolute Gasteiger partial charge is 0.172 e. The predicted octanol–water partition coefficient (Wildman–Crippen LogP) is 6.92. The predicted molar refractivity (Wildman–Crippen MR) is 149 cm³/mol. The first-order valence-corrected chi connectivity index (χ1v) is 14.1. The van der Waals surface area contributed by atoms with E-state index in [1.54, 1.807) is 6.20 Å². The number of carbonyl (C=O) groups excluding carboxylic acids is 1. The molecule has 1 aromatic heterocycles. The Morgan fingerprint density at radius 1 is 1.16 bits per heavy atom. The number of fused-ring (bicyclic) bond motifs is 1. The van der Waals surface area contributed by atoms with Crippen LogP contribution in [0.25, 0.3) is 10.9 Å². The second kappa shape index (κ2) is 11.0. The number of nitrogens with zero attached hydrogens (tertiary/aromatic N) is 2. The lowest BCUT2D eigenvalue weighted by atomic mass is 9.88. The summed E-state index contributed by atoms with van der Waals surface area (Å²) in [6.07, 6.45) is 10.6. The average molecular weight is 524 g/mol. The number of nitrogens with one attached hydrogen (secondary N) is 1. The van der Waals surface area contributed by atoms with Crippen molar-refractivity contribution in [3.63, 3.8) is 0 Å². The maximum atomic E-state index is 13.3. The molecule has 1 aromatic carbocycles. The minimum atomic E-state index is -0.0390. The Morgan fingerprint density at radius 3 is 2.54 bits per heavy atom. The zero-order valence-corrected chi connectivity index (χ0v) is 22.9. The monoisotopic (exact) mass is 523 g/mol. The minimum absolute atomic E-state index is 0.00265. The number of halogens is 1. The molecular weight excluding hydrogens is 486 g/mol. The van der Waals surface area contributed by atoms with E-state index in [1.807, 2.05) is 12.1 Å². The second-order valence-corrected chi connectivity index (χ2v) is 11.1. The Hall–Kier alpha value is -2.57. The first-order chi connectivity index (χ1) is 17.9. The molecule has 0 saturated heterocycles. The molecular formula is C30H38ClN3O3. The Labute approximate surface area is 224 Å². The molecule has 2 saturated carbocycles. The van der Waals surface area contributed by atoms with E-state index < -0.39 is 0 Å². The van der Waals surface area contributed by atoms with Crippen LogP contribution in [0.3, 0.4) is 0 Å². The van der Waals surface area contributed by atoms with E-state index in [4.69, 9.17) is 16.3 Å². The van der Waals surface area contributed by atoms with Crippen LogP contribution in [0.2, 0.25) is 0 Å². The number of hydrogen-bond acceptors (Lipinski definition) is 6. The van der Waals surface area contributed by atoms with Gasteiger partial charge in [0.2, 0.25) is 0 Å². The molecule has 0 bridgehead atoms. The number of rotatable bonds is 9. The van der Waals surface area contributed by atoms with Gasteiger partial charge < -0.3 is 20.1 Å². The largest absolute Gasteiger partial charge is 0.503 e. The number of carbonyl (C=O) groups is 1. The molecule has 3 aliphatic carbocycles. The lowest BCUT2D eigenvalue weighted by Gasteiger charge is -2.36. The van der Waals surface area contributed by atoms with Crippen LogP contribution in [0.15, 0.2) is 47.0 Å². The number of Topliss-reactive ketones (excluding diaryl/α,β-unsaturated/α-hetero) is 1. The summed E-state index contributed by atoms with van der Waals surface area (Å²) in [4.78, 5) is 20.6. The third-order valence-electron chi connectivity index (χ3n) is 8.37. The summed E-state index contributed by atoms with van der Waals surface area (Å²) < 4.78 is 5.36. The fourth-order valence-electron chi connectivity index (χ4n) is 6.00. The van der Waals surface area contributed by atoms with Crippen molar-refractivity contribution in [3.05, 3.63) is 58.1 Å². The number of ether oxygens (including phenoxy) is 1. The SMILES string of the molecule is CCN(CC)C1CCC(Nc2c(C(=O)C3CC3)cnc3ccc(C4C=C(OC)C(O)=C(Cl)C4)cc23)CC1. The summed E-state index contributed by atoms with van der Waals surface area (Å²) in [6.45, 7) is 6.67. The number of allylic oxidation sites excluding steroid dienone is 2. The number of benzene rings is 1. The number of aliphatic hydroxyl groups excluding tert-OH is 1. The summed E-state index contributed by atoms with van der Waals surface area (Å²) in [7, 11) is 1.53. The zero-order valence-electron chi connectivity index (χ0n) is 22.1. The van der Waals surface area contributed by atoms with E-state index in [9.17, 15) is 9.90 Å². The summed E-state index contributed by atoms with van der Waals surface area (Å²) in [5.41, 5.74) is 3.56. The van der Waals surface area contributed by atoms with Crippen LogP contribution in [0.5, 0.6) is 0 Å². The highest BCUT2D eigenvalue weighted by Gasteiger charge is 2.34. The molecule has 37 heavy (non-hydrogen) atoms. The van der Waals surface area contributed by atoms with Gasteiger partial charge in [-0.1, -0.05) is 31.5 Å². The topological polar surface area (TPSA) is 74.7 Å². The summed E-state index contributed by atoms with van der Waals surface area (Å²) in [6, 6.07) is 7.18. The van der Waals surface area contributed by atoms with E-state index in [2.05, 4.69) is 41.2 Å². The zero-order chi connectivity index (χ0) is 26.1. The molecule has 0 spiro atoms. The van der Waals surface area contributed by atoms with Crippen LogP contribution in [0.1, 0.15) is 80.6 Å². The van der Waals surface area contributed by atoms with Crippen molar-refractivity contribution in [2.75, 3.05) is 25.5 Å². The number of anilines is 1. The van der Waals surface area contributed by atoms with Crippen LogP contribution in [0, 0.1) is 5.92 Å². The van der Waals surface area contributed by atoms with Gasteiger partial charge in [-0.05, 0) is 81.8 Å². The first kappa shape index (κ1) is 26.1. The Morgan fingerprint density at radius 2 is 1.89 bits per heavy atom. The number of aliphatic hydroxyl groups is 1. The van der Waals surface area contributed by atoms with Crippen LogP contribution in [-0.4, -0.2) is 53.1 Å². The normalized spacial score (nSPS) is 24.4. The molecule has 1 heterocycles. The summed E-state index contributed by atoms with van der Waals surface area (Å²) >= 11 is 6.36. The number of pyridine rings is 1. The molecule has 2 aromatic rings.